The standard InChI is InChI=1S/C23H21F3N2O2/c1-3-5-6-7-13-11-27-23(28-12-13)15-9-19-20(22(26)21(15)25)14-8-16(24)18(29-4-2)10-17(14)30-19/h8-12H,3-7H2,1-2H3. The Hall–Kier alpha value is -3.09. The maximum absolute atomic E-state index is 14.9. The molecule has 0 aliphatic heterocycles. The van der Waals surface area contributed by atoms with Crippen molar-refractivity contribution in [1.82, 2.24) is 9.97 Å². The van der Waals surface area contributed by atoms with Gasteiger partial charge in [0.2, 0.25) is 0 Å². The first-order valence-corrected chi connectivity index (χ1v) is 10.0. The Morgan fingerprint density at radius 2 is 1.70 bits per heavy atom. The van der Waals surface area contributed by atoms with Crippen molar-refractivity contribution in [3.63, 3.8) is 0 Å². The van der Waals surface area contributed by atoms with Gasteiger partial charge < -0.3 is 9.15 Å². The summed E-state index contributed by atoms with van der Waals surface area (Å²) >= 11 is 0. The predicted octanol–water partition coefficient (Wildman–Crippen LogP) is 6.59. The molecule has 0 saturated heterocycles. The smallest absolute Gasteiger partial charge is 0.171 e. The van der Waals surface area contributed by atoms with E-state index in [1.165, 1.54) is 12.1 Å². The zero-order valence-electron chi connectivity index (χ0n) is 16.8. The molecule has 0 unspecified atom stereocenters. The van der Waals surface area contributed by atoms with Gasteiger partial charge >= 0.3 is 0 Å². The number of ether oxygens (including phenoxy) is 1. The number of hydrogen-bond acceptors (Lipinski definition) is 4. The molecule has 2 aromatic heterocycles. The summed E-state index contributed by atoms with van der Waals surface area (Å²) in [5.41, 5.74) is 1.13. The van der Waals surface area contributed by atoms with E-state index in [0.29, 0.717) is 0 Å². The van der Waals surface area contributed by atoms with Crippen LogP contribution >= 0.6 is 0 Å². The quantitative estimate of drug-likeness (QED) is 0.320. The summed E-state index contributed by atoms with van der Waals surface area (Å²) in [6.07, 6.45) is 7.32. The molecular weight excluding hydrogens is 393 g/mol. The van der Waals surface area contributed by atoms with Crippen molar-refractivity contribution in [2.24, 2.45) is 0 Å². The van der Waals surface area contributed by atoms with Crippen molar-refractivity contribution < 1.29 is 22.3 Å². The second-order valence-corrected chi connectivity index (χ2v) is 7.11. The fraction of sp³-hybridized carbons (Fsp3) is 0.304. The van der Waals surface area contributed by atoms with E-state index in [1.807, 2.05) is 0 Å². The minimum atomic E-state index is -1.12. The molecule has 4 rings (SSSR count). The van der Waals surface area contributed by atoms with Gasteiger partial charge in [-0.1, -0.05) is 19.8 Å². The number of benzene rings is 2. The van der Waals surface area contributed by atoms with E-state index in [2.05, 4.69) is 16.9 Å². The van der Waals surface area contributed by atoms with Crippen LogP contribution in [0.25, 0.3) is 33.3 Å². The van der Waals surface area contributed by atoms with Crippen LogP contribution in [0.4, 0.5) is 13.2 Å². The molecule has 156 valence electrons. The molecule has 4 aromatic rings. The molecule has 0 bridgehead atoms. The van der Waals surface area contributed by atoms with Crippen LogP contribution < -0.4 is 4.74 Å². The lowest BCUT2D eigenvalue weighted by Crippen LogP contribution is -1.97. The van der Waals surface area contributed by atoms with E-state index in [1.54, 1.807) is 19.3 Å². The van der Waals surface area contributed by atoms with Gasteiger partial charge in [-0.25, -0.2) is 23.1 Å². The number of nitrogens with zero attached hydrogens (tertiary/aromatic N) is 2. The number of aryl methyl sites for hydroxylation is 1. The van der Waals surface area contributed by atoms with Crippen molar-refractivity contribution in [2.45, 2.75) is 39.5 Å². The largest absolute Gasteiger partial charge is 0.491 e. The number of aromatic nitrogens is 2. The lowest BCUT2D eigenvalue weighted by molar-refractivity contribution is 0.322. The van der Waals surface area contributed by atoms with Crippen LogP contribution in [0.1, 0.15) is 38.7 Å². The third kappa shape index (κ3) is 3.60. The van der Waals surface area contributed by atoms with E-state index in [-0.39, 0.29) is 45.7 Å². The molecule has 30 heavy (non-hydrogen) atoms. The minimum absolute atomic E-state index is 0.00726. The van der Waals surface area contributed by atoms with Gasteiger partial charge in [0.1, 0.15) is 11.2 Å². The first-order valence-electron chi connectivity index (χ1n) is 10.0. The van der Waals surface area contributed by atoms with E-state index in [4.69, 9.17) is 9.15 Å². The molecule has 4 nitrogen and oxygen atoms in total. The van der Waals surface area contributed by atoms with Gasteiger partial charge in [-0.05, 0) is 37.5 Å². The predicted molar refractivity (Wildman–Crippen MR) is 109 cm³/mol. The maximum atomic E-state index is 14.9. The third-order valence-corrected chi connectivity index (χ3v) is 5.01. The van der Waals surface area contributed by atoms with E-state index in [9.17, 15) is 13.2 Å². The lowest BCUT2D eigenvalue weighted by Gasteiger charge is -2.06. The molecule has 0 N–H and O–H groups in total. The number of halogens is 3. The Labute approximate surface area is 171 Å². The SMILES string of the molecule is CCCCCc1cnc(-c2cc3oc4cc(OCC)c(F)cc4c3c(F)c2F)nc1. The van der Waals surface area contributed by atoms with E-state index < -0.39 is 17.5 Å². The van der Waals surface area contributed by atoms with Gasteiger partial charge in [0.25, 0.3) is 0 Å². The highest BCUT2D eigenvalue weighted by molar-refractivity contribution is 6.06. The van der Waals surface area contributed by atoms with Crippen molar-refractivity contribution in [2.75, 3.05) is 6.61 Å². The van der Waals surface area contributed by atoms with Gasteiger partial charge in [0.15, 0.2) is 29.0 Å². The molecule has 0 radical (unpaired) electrons. The van der Waals surface area contributed by atoms with Crippen LogP contribution in [-0.2, 0) is 6.42 Å². The van der Waals surface area contributed by atoms with Crippen molar-refractivity contribution >= 4 is 21.9 Å². The Kier molecular flexibility index (Phi) is 5.61. The summed E-state index contributed by atoms with van der Waals surface area (Å²) in [5.74, 6) is -2.84. The van der Waals surface area contributed by atoms with Crippen LogP contribution in [-0.4, -0.2) is 16.6 Å². The average molecular weight is 414 g/mol. The number of hydrogen-bond donors (Lipinski definition) is 0. The zero-order valence-corrected chi connectivity index (χ0v) is 16.8. The molecule has 0 atom stereocenters. The normalized spacial score (nSPS) is 11.5. The van der Waals surface area contributed by atoms with Gasteiger partial charge in [0, 0.05) is 23.8 Å². The summed E-state index contributed by atoms with van der Waals surface area (Å²) in [6, 6.07) is 3.78. The average Bonchev–Trinajstić information content (AvgIpc) is 3.09. The second-order valence-electron chi connectivity index (χ2n) is 7.11. The first-order chi connectivity index (χ1) is 14.5. The Morgan fingerprint density at radius 3 is 2.40 bits per heavy atom. The summed E-state index contributed by atoms with van der Waals surface area (Å²) in [6.45, 7) is 4.11. The monoisotopic (exact) mass is 414 g/mol. The fourth-order valence-corrected chi connectivity index (χ4v) is 3.50. The number of fused-ring (bicyclic) bond motifs is 3. The Balaban J connectivity index is 1.78. The molecule has 0 spiro atoms. The third-order valence-electron chi connectivity index (χ3n) is 5.01. The van der Waals surface area contributed by atoms with Crippen LogP contribution in [0, 0.1) is 17.5 Å². The number of furan rings is 1. The minimum Gasteiger partial charge on any atom is -0.491 e. The second kappa shape index (κ2) is 8.34. The van der Waals surface area contributed by atoms with Gasteiger partial charge in [-0.15, -0.1) is 0 Å². The lowest BCUT2D eigenvalue weighted by atomic mass is 10.1. The molecule has 2 heterocycles. The Morgan fingerprint density at radius 1 is 0.933 bits per heavy atom. The summed E-state index contributed by atoms with van der Waals surface area (Å²) in [7, 11) is 0. The van der Waals surface area contributed by atoms with Gasteiger partial charge in [-0.2, -0.15) is 0 Å². The van der Waals surface area contributed by atoms with Crippen LogP contribution in [0.15, 0.2) is 35.0 Å². The van der Waals surface area contributed by atoms with Crippen LogP contribution in [0.5, 0.6) is 5.75 Å². The van der Waals surface area contributed by atoms with Crippen molar-refractivity contribution in [3.8, 4) is 17.1 Å². The molecular formula is C23H21F3N2O2. The van der Waals surface area contributed by atoms with Crippen LogP contribution in [0.3, 0.4) is 0 Å². The molecule has 0 fully saturated rings. The first kappa shape index (κ1) is 20.2. The van der Waals surface area contributed by atoms with E-state index in [0.717, 1.165) is 37.3 Å². The van der Waals surface area contributed by atoms with Gasteiger partial charge in [0.05, 0.1) is 17.6 Å². The van der Waals surface area contributed by atoms with Crippen molar-refractivity contribution in [1.29, 1.82) is 0 Å². The molecule has 0 saturated carbocycles. The van der Waals surface area contributed by atoms with Crippen LogP contribution in [0.2, 0.25) is 0 Å². The summed E-state index contributed by atoms with van der Waals surface area (Å²) < 4.78 is 54.9. The Bertz CT molecular complexity index is 1200. The van der Waals surface area contributed by atoms with E-state index >= 15 is 0 Å². The molecule has 2 aromatic carbocycles. The highest BCUT2D eigenvalue weighted by atomic mass is 19.2. The van der Waals surface area contributed by atoms with Crippen molar-refractivity contribution in [3.05, 3.63) is 53.6 Å². The molecule has 0 aliphatic carbocycles. The molecule has 0 amide bonds. The highest BCUT2D eigenvalue weighted by Crippen LogP contribution is 2.38. The topological polar surface area (TPSA) is 48.2 Å². The zero-order chi connectivity index (χ0) is 21.3. The summed E-state index contributed by atoms with van der Waals surface area (Å²) in [4.78, 5) is 8.41. The fourth-order valence-electron chi connectivity index (χ4n) is 3.50. The maximum Gasteiger partial charge on any atom is 0.171 e. The molecule has 0 aliphatic rings. The number of rotatable bonds is 7. The van der Waals surface area contributed by atoms with Gasteiger partial charge in [-0.3, -0.25) is 0 Å². The summed E-state index contributed by atoms with van der Waals surface area (Å²) in [5, 5.41) is 0.0190. The number of unbranched alkanes of at least 4 members (excludes halogenated alkanes) is 2. The molecule has 7 heteroatoms. The highest BCUT2D eigenvalue weighted by Gasteiger charge is 2.22.